The van der Waals surface area contributed by atoms with Crippen molar-refractivity contribution in [1.82, 2.24) is 0 Å². The van der Waals surface area contributed by atoms with Gasteiger partial charge in [-0.1, -0.05) is 12.1 Å². The van der Waals surface area contributed by atoms with Crippen LogP contribution in [0.5, 0.6) is 17.2 Å². The van der Waals surface area contributed by atoms with E-state index < -0.39 is 0 Å². The van der Waals surface area contributed by atoms with E-state index in [1.54, 1.807) is 12.1 Å². The van der Waals surface area contributed by atoms with Gasteiger partial charge in [0.2, 0.25) is 0 Å². The van der Waals surface area contributed by atoms with Crippen molar-refractivity contribution < 1.29 is 19.0 Å². The molecule has 0 aliphatic carbocycles. The third kappa shape index (κ3) is 4.28. The Labute approximate surface area is 143 Å². The molecule has 0 atom stereocenters. The van der Waals surface area contributed by atoms with Gasteiger partial charge in [-0.05, 0) is 62.6 Å². The largest absolute Gasteiger partial charge is 0.493 e. The van der Waals surface area contributed by atoms with Crippen molar-refractivity contribution >= 4 is 5.97 Å². The first kappa shape index (κ1) is 17.9. The summed E-state index contributed by atoms with van der Waals surface area (Å²) in [6.45, 7) is 10.2. The van der Waals surface area contributed by atoms with Gasteiger partial charge in [0, 0.05) is 6.92 Å². The lowest BCUT2D eigenvalue weighted by atomic mass is 10.1. The van der Waals surface area contributed by atoms with Crippen LogP contribution >= 0.6 is 0 Å². The molecule has 0 spiro atoms. The standard InChI is InChI=1S/C20H24O4/c1-6-22-18-8-7-9-19(24-16(5)21)17(18)12-23-20-11-14(3)13(2)10-15(20)4/h7-11H,6,12H2,1-5H3. The normalized spacial score (nSPS) is 10.4. The third-order valence-electron chi connectivity index (χ3n) is 3.81. The van der Waals surface area contributed by atoms with Gasteiger partial charge in [0.05, 0.1) is 12.2 Å². The smallest absolute Gasteiger partial charge is 0.308 e. The molecule has 0 saturated carbocycles. The van der Waals surface area contributed by atoms with Crippen molar-refractivity contribution in [2.45, 2.75) is 41.2 Å². The van der Waals surface area contributed by atoms with Crippen LogP contribution in [0.25, 0.3) is 0 Å². The van der Waals surface area contributed by atoms with Crippen LogP contribution in [0.1, 0.15) is 36.1 Å². The maximum atomic E-state index is 11.3. The minimum absolute atomic E-state index is 0.266. The highest BCUT2D eigenvalue weighted by molar-refractivity contribution is 5.70. The molecule has 0 radical (unpaired) electrons. The predicted octanol–water partition coefficient (Wildman–Crippen LogP) is 4.51. The topological polar surface area (TPSA) is 44.8 Å². The lowest BCUT2D eigenvalue weighted by molar-refractivity contribution is -0.131. The van der Waals surface area contributed by atoms with Crippen LogP contribution in [0.15, 0.2) is 30.3 Å². The maximum Gasteiger partial charge on any atom is 0.308 e. The minimum Gasteiger partial charge on any atom is -0.493 e. The van der Waals surface area contributed by atoms with Crippen LogP contribution in [0.3, 0.4) is 0 Å². The zero-order valence-corrected chi connectivity index (χ0v) is 14.9. The lowest BCUT2D eigenvalue weighted by Gasteiger charge is -2.16. The highest BCUT2D eigenvalue weighted by atomic mass is 16.5. The molecule has 4 heteroatoms. The Morgan fingerprint density at radius 3 is 2.25 bits per heavy atom. The van der Waals surface area contributed by atoms with Gasteiger partial charge in [-0.3, -0.25) is 4.79 Å². The Hall–Kier alpha value is -2.49. The van der Waals surface area contributed by atoms with Crippen LogP contribution in [0, 0.1) is 20.8 Å². The molecule has 0 bridgehead atoms. The number of hydrogen-bond acceptors (Lipinski definition) is 4. The van der Waals surface area contributed by atoms with Crippen LogP contribution in [0.2, 0.25) is 0 Å². The second kappa shape index (κ2) is 7.86. The number of hydrogen-bond donors (Lipinski definition) is 0. The summed E-state index contributed by atoms with van der Waals surface area (Å²) < 4.78 is 16.9. The first-order chi connectivity index (χ1) is 11.4. The fourth-order valence-electron chi connectivity index (χ4n) is 2.47. The van der Waals surface area contributed by atoms with Gasteiger partial charge in [0.1, 0.15) is 23.9 Å². The van der Waals surface area contributed by atoms with Crippen molar-refractivity contribution in [3.05, 3.63) is 52.6 Å². The first-order valence-electron chi connectivity index (χ1n) is 8.06. The molecule has 24 heavy (non-hydrogen) atoms. The average molecular weight is 328 g/mol. The number of rotatable bonds is 6. The van der Waals surface area contributed by atoms with E-state index in [0.29, 0.717) is 18.1 Å². The van der Waals surface area contributed by atoms with Crippen molar-refractivity contribution in [3.63, 3.8) is 0 Å². The Balaban J connectivity index is 2.30. The maximum absolute atomic E-state index is 11.3. The second-order valence-electron chi connectivity index (χ2n) is 5.75. The molecule has 0 N–H and O–H groups in total. The number of ether oxygens (including phenoxy) is 3. The van der Waals surface area contributed by atoms with Crippen LogP contribution in [-0.2, 0) is 11.4 Å². The lowest BCUT2D eigenvalue weighted by Crippen LogP contribution is -2.08. The summed E-state index contributed by atoms with van der Waals surface area (Å²) >= 11 is 0. The molecule has 0 unspecified atom stereocenters. The van der Waals surface area contributed by atoms with Gasteiger partial charge in [0.25, 0.3) is 0 Å². The van der Waals surface area contributed by atoms with Crippen molar-refractivity contribution in [2.24, 2.45) is 0 Å². The Morgan fingerprint density at radius 2 is 1.58 bits per heavy atom. The van der Waals surface area contributed by atoms with E-state index in [1.807, 2.05) is 26.0 Å². The van der Waals surface area contributed by atoms with Crippen LogP contribution in [0.4, 0.5) is 0 Å². The molecule has 0 saturated heterocycles. The van der Waals surface area contributed by atoms with Crippen LogP contribution in [-0.4, -0.2) is 12.6 Å². The molecule has 0 fully saturated rings. The van der Waals surface area contributed by atoms with E-state index in [1.165, 1.54) is 18.1 Å². The zero-order chi connectivity index (χ0) is 17.7. The number of benzene rings is 2. The molecule has 0 aliphatic rings. The van der Waals surface area contributed by atoms with E-state index in [9.17, 15) is 4.79 Å². The number of esters is 1. The summed E-state index contributed by atoms with van der Waals surface area (Å²) in [6.07, 6.45) is 0. The Bertz CT molecular complexity index is 735. The van der Waals surface area contributed by atoms with E-state index in [-0.39, 0.29) is 12.6 Å². The summed E-state index contributed by atoms with van der Waals surface area (Å²) in [7, 11) is 0. The number of carbonyl (C=O) groups is 1. The summed E-state index contributed by atoms with van der Waals surface area (Å²) in [5.41, 5.74) is 4.21. The van der Waals surface area contributed by atoms with E-state index in [2.05, 4.69) is 19.9 Å². The molecule has 2 rings (SSSR count). The predicted molar refractivity (Wildman–Crippen MR) is 93.9 cm³/mol. The van der Waals surface area contributed by atoms with E-state index in [4.69, 9.17) is 14.2 Å². The van der Waals surface area contributed by atoms with Crippen molar-refractivity contribution in [2.75, 3.05) is 6.61 Å². The van der Waals surface area contributed by atoms with Gasteiger partial charge < -0.3 is 14.2 Å². The number of aryl methyl sites for hydroxylation is 3. The number of carbonyl (C=O) groups excluding carboxylic acids is 1. The molecular weight excluding hydrogens is 304 g/mol. The highest BCUT2D eigenvalue weighted by Gasteiger charge is 2.14. The van der Waals surface area contributed by atoms with Crippen molar-refractivity contribution in [1.29, 1.82) is 0 Å². The van der Waals surface area contributed by atoms with E-state index in [0.717, 1.165) is 16.9 Å². The van der Waals surface area contributed by atoms with Crippen LogP contribution < -0.4 is 14.2 Å². The van der Waals surface area contributed by atoms with Gasteiger partial charge in [-0.25, -0.2) is 0 Å². The SMILES string of the molecule is CCOc1cccc(OC(C)=O)c1COc1cc(C)c(C)cc1C. The molecule has 128 valence electrons. The molecule has 0 amide bonds. The second-order valence-corrected chi connectivity index (χ2v) is 5.75. The summed E-state index contributed by atoms with van der Waals surface area (Å²) in [5.74, 6) is 1.58. The molecular formula is C20H24O4. The first-order valence-corrected chi connectivity index (χ1v) is 8.06. The molecule has 2 aromatic carbocycles. The fourth-order valence-corrected chi connectivity index (χ4v) is 2.47. The minimum atomic E-state index is -0.368. The molecule has 4 nitrogen and oxygen atoms in total. The third-order valence-corrected chi connectivity index (χ3v) is 3.81. The van der Waals surface area contributed by atoms with Crippen molar-refractivity contribution in [3.8, 4) is 17.2 Å². The van der Waals surface area contributed by atoms with Gasteiger partial charge in [-0.2, -0.15) is 0 Å². The molecule has 2 aromatic rings. The average Bonchev–Trinajstić information content (AvgIpc) is 2.51. The summed E-state index contributed by atoms with van der Waals surface area (Å²) in [4.78, 5) is 11.3. The summed E-state index contributed by atoms with van der Waals surface area (Å²) in [6, 6.07) is 9.53. The monoisotopic (exact) mass is 328 g/mol. The van der Waals surface area contributed by atoms with Gasteiger partial charge >= 0.3 is 5.97 Å². The fraction of sp³-hybridized carbons (Fsp3) is 0.350. The Morgan fingerprint density at radius 1 is 0.917 bits per heavy atom. The zero-order valence-electron chi connectivity index (χ0n) is 14.9. The van der Waals surface area contributed by atoms with Gasteiger partial charge in [-0.15, -0.1) is 0 Å². The molecule has 0 aliphatic heterocycles. The Kier molecular flexibility index (Phi) is 5.85. The van der Waals surface area contributed by atoms with E-state index >= 15 is 0 Å². The summed E-state index contributed by atoms with van der Waals surface area (Å²) in [5, 5.41) is 0. The van der Waals surface area contributed by atoms with Gasteiger partial charge in [0.15, 0.2) is 0 Å². The highest BCUT2D eigenvalue weighted by Crippen LogP contribution is 2.31. The molecule has 0 aromatic heterocycles. The molecule has 0 heterocycles. The quantitative estimate of drug-likeness (QED) is 0.578.